The zero-order valence-corrected chi connectivity index (χ0v) is 14.1. The molecule has 0 N–H and O–H groups in total. The van der Waals surface area contributed by atoms with E-state index in [1.807, 2.05) is 4.90 Å². The first kappa shape index (κ1) is 17.3. The fourth-order valence-electron chi connectivity index (χ4n) is 3.37. The van der Waals surface area contributed by atoms with Crippen molar-refractivity contribution in [2.75, 3.05) is 26.2 Å². The van der Waals surface area contributed by atoms with Crippen LogP contribution in [-0.4, -0.2) is 49.7 Å². The summed E-state index contributed by atoms with van der Waals surface area (Å²) in [7, 11) is -3.95. The molecule has 3 rings (SSSR count). The van der Waals surface area contributed by atoms with E-state index in [1.54, 1.807) is 0 Å². The molecule has 132 valence electrons. The van der Waals surface area contributed by atoms with Crippen LogP contribution in [0.3, 0.4) is 0 Å². The number of sulfonamides is 1. The number of halogens is 2. The number of carbonyl (C=O) groups excluding carboxylic acids is 1. The number of rotatable bonds is 3. The topological polar surface area (TPSA) is 57.7 Å². The molecule has 24 heavy (non-hydrogen) atoms. The van der Waals surface area contributed by atoms with Crippen molar-refractivity contribution in [1.82, 2.24) is 9.21 Å². The van der Waals surface area contributed by atoms with Gasteiger partial charge in [0.15, 0.2) is 0 Å². The molecule has 2 saturated heterocycles. The summed E-state index contributed by atoms with van der Waals surface area (Å²) in [5, 5.41) is 0. The first-order valence-electron chi connectivity index (χ1n) is 8.13. The van der Waals surface area contributed by atoms with Gasteiger partial charge in [-0.1, -0.05) is 0 Å². The van der Waals surface area contributed by atoms with E-state index in [-0.39, 0.29) is 29.8 Å². The maximum atomic E-state index is 13.3. The van der Waals surface area contributed by atoms with Crippen LogP contribution in [0.15, 0.2) is 23.1 Å². The van der Waals surface area contributed by atoms with E-state index in [0.29, 0.717) is 18.9 Å². The number of likely N-dealkylation sites (tertiary alicyclic amines) is 1. The standard InChI is InChI=1S/C16H20F2N2O3S/c17-13-9-14(18)11-15(10-13)24(22,23)20-7-3-12(4-8-20)16(21)19-5-1-2-6-19/h9-12H,1-8H2. The number of carbonyl (C=O) groups is 1. The second-order valence-corrected chi connectivity index (χ2v) is 8.25. The number of hydrogen-bond acceptors (Lipinski definition) is 3. The lowest BCUT2D eigenvalue weighted by atomic mass is 9.97. The fraction of sp³-hybridized carbons (Fsp3) is 0.562. The maximum Gasteiger partial charge on any atom is 0.243 e. The predicted octanol–water partition coefficient (Wildman–Crippen LogP) is 1.99. The minimum atomic E-state index is -3.95. The van der Waals surface area contributed by atoms with Crippen LogP contribution in [0.1, 0.15) is 25.7 Å². The molecule has 1 amide bonds. The molecular weight excluding hydrogens is 338 g/mol. The molecule has 2 aliphatic heterocycles. The Balaban J connectivity index is 1.68. The highest BCUT2D eigenvalue weighted by atomic mass is 32.2. The summed E-state index contributed by atoms with van der Waals surface area (Å²) >= 11 is 0. The SMILES string of the molecule is O=C(C1CCN(S(=O)(=O)c2cc(F)cc(F)c2)CC1)N1CCCC1. The van der Waals surface area contributed by atoms with Crippen molar-refractivity contribution in [3.05, 3.63) is 29.8 Å². The summed E-state index contributed by atoms with van der Waals surface area (Å²) in [6.45, 7) is 1.93. The fourth-order valence-corrected chi connectivity index (χ4v) is 4.88. The molecule has 2 aliphatic rings. The molecule has 0 aliphatic carbocycles. The Morgan fingerprint density at radius 1 is 0.958 bits per heavy atom. The second-order valence-electron chi connectivity index (χ2n) is 6.32. The van der Waals surface area contributed by atoms with E-state index in [1.165, 1.54) is 4.31 Å². The van der Waals surface area contributed by atoms with Crippen molar-refractivity contribution in [2.24, 2.45) is 5.92 Å². The number of hydrogen-bond donors (Lipinski definition) is 0. The summed E-state index contributed by atoms with van der Waals surface area (Å²) in [6, 6.07) is 2.28. The Morgan fingerprint density at radius 3 is 2.04 bits per heavy atom. The molecule has 2 heterocycles. The average Bonchev–Trinajstić information content (AvgIpc) is 3.08. The van der Waals surface area contributed by atoms with E-state index >= 15 is 0 Å². The highest BCUT2D eigenvalue weighted by Gasteiger charge is 2.34. The van der Waals surface area contributed by atoms with Gasteiger partial charge in [-0.05, 0) is 37.8 Å². The van der Waals surface area contributed by atoms with Crippen molar-refractivity contribution in [1.29, 1.82) is 0 Å². The molecule has 2 fully saturated rings. The van der Waals surface area contributed by atoms with Crippen LogP contribution in [0.4, 0.5) is 8.78 Å². The van der Waals surface area contributed by atoms with Gasteiger partial charge >= 0.3 is 0 Å². The van der Waals surface area contributed by atoms with E-state index < -0.39 is 21.7 Å². The van der Waals surface area contributed by atoms with Crippen molar-refractivity contribution < 1.29 is 22.0 Å². The molecule has 0 bridgehead atoms. The maximum absolute atomic E-state index is 13.3. The minimum Gasteiger partial charge on any atom is -0.342 e. The highest BCUT2D eigenvalue weighted by molar-refractivity contribution is 7.89. The van der Waals surface area contributed by atoms with Crippen LogP contribution in [0.5, 0.6) is 0 Å². The molecule has 0 spiro atoms. The number of benzene rings is 1. The zero-order valence-electron chi connectivity index (χ0n) is 13.2. The smallest absolute Gasteiger partial charge is 0.243 e. The lowest BCUT2D eigenvalue weighted by molar-refractivity contribution is -0.135. The van der Waals surface area contributed by atoms with E-state index in [0.717, 1.165) is 38.1 Å². The molecule has 0 unspecified atom stereocenters. The molecule has 1 aromatic carbocycles. The quantitative estimate of drug-likeness (QED) is 0.830. The predicted molar refractivity (Wildman–Crippen MR) is 83.7 cm³/mol. The second kappa shape index (κ2) is 6.76. The molecule has 0 radical (unpaired) electrons. The van der Waals surface area contributed by atoms with Crippen molar-refractivity contribution in [3.63, 3.8) is 0 Å². The molecule has 1 aromatic rings. The van der Waals surface area contributed by atoms with Crippen LogP contribution in [0, 0.1) is 17.6 Å². The van der Waals surface area contributed by atoms with Crippen molar-refractivity contribution in [3.8, 4) is 0 Å². The van der Waals surface area contributed by atoms with Crippen LogP contribution in [-0.2, 0) is 14.8 Å². The first-order valence-corrected chi connectivity index (χ1v) is 9.57. The molecule has 0 atom stereocenters. The van der Waals surface area contributed by atoms with E-state index in [9.17, 15) is 22.0 Å². The Labute approximate surface area is 140 Å². The third kappa shape index (κ3) is 3.44. The molecule has 0 saturated carbocycles. The van der Waals surface area contributed by atoms with Gasteiger partial charge in [0.1, 0.15) is 11.6 Å². The van der Waals surface area contributed by atoms with Gasteiger partial charge in [-0.2, -0.15) is 4.31 Å². The third-order valence-corrected chi connectivity index (χ3v) is 6.57. The summed E-state index contributed by atoms with van der Waals surface area (Å²) in [6.07, 6.45) is 2.91. The molecule has 8 heteroatoms. The first-order chi connectivity index (χ1) is 11.4. The minimum absolute atomic E-state index is 0.0985. The number of piperidine rings is 1. The van der Waals surface area contributed by atoms with Gasteiger partial charge in [0.25, 0.3) is 0 Å². The van der Waals surface area contributed by atoms with Crippen molar-refractivity contribution >= 4 is 15.9 Å². The van der Waals surface area contributed by atoms with Gasteiger partial charge in [-0.3, -0.25) is 4.79 Å². The van der Waals surface area contributed by atoms with Gasteiger partial charge < -0.3 is 4.90 Å². The van der Waals surface area contributed by atoms with Gasteiger partial charge in [-0.25, -0.2) is 17.2 Å². The van der Waals surface area contributed by atoms with Crippen molar-refractivity contribution in [2.45, 2.75) is 30.6 Å². The average molecular weight is 358 g/mol. The Kier molecular flexibility index (Phi) is 4.87. The number of nitrogens with zero attached hydrogens (tertiary/aromatic N) is 2. The largest absolute Gasteiger partial charge is 0.342 e. The Hall–Kier alpha value is -1.54. The summed E-state index contributed by atoms with van der Waals surface area (Å²) in [5.74, 6) is -1.92. The van der Waals surface area contributed by atoms with E-state index in [4.69, 9.17) is 0 Å². The number of amides is 1. The lowest BCUT2D eigenvalue weighted by Gasteiger charge is -2.32. The normalized spacial score (nSPS) is 20.5. The summed E-state index contributed by atoms with van der Waals surface area (Å²) in [4.78, 5) is 13.8. The summed E-state index contributed by atoms with van der Waals surface area (Å²) < 4.78 is 52.8. The lowest BCUT2D eigenvalue weighted by Crippen LogP contribution is -2.43. The van der Waals surface area contributed by atoms with Gasteiger partial charge in [0, 0.05) is 38.2 Å². The van der Waals surface area contributed by atoms with Crippen LogP contribution < -0.4 is 0 Å². The third-order valence-electron chi connectivity index (χ3n) is 4.69. The van der Waals surface area contributed by atoms with Gasteiger partial charge in [0.05, 0.1) is 4.90 Å². The Bertz CT molecular complexity index is 705. The monoisotopic (exact) mass is 358 g/mol. The van der Waals surface area contributed by atoms with Gasteiger partial charge in [-0.15, -0.1) is 0 Å². The molecule has 5 nitrogen and oxygen atoms in total. The van der Waals surface area contributed by atoms with E-state index in [2.05, 4.69) is 0 Å². The molecule has 0 aromatic heterocycles. The van der Waals surface area contributed by atoms with Crippen LogP contribution in [0.25, 0.3) is 0 Å². The summed E-state index contributed by atoms with van der Waals surface area (Å²) in [5.41, 5.74) is 0. The highest BCUT2D eigenvalue weighted by Crippen LogP contribution is 2.26. The Morgan fingerprint density at radius 2 is 1.50 bits per heavy atom. The zero-order chi connectivity index (χ0) is 17.3. The van der Waals surface area contributed by atoms with Gasteiger partial charge in [0.2, 0.25) is 15.9 Å². The van der Waals surface area contributed by atoms with Crippen LogP contribution in [0.2, 0.25) is 0 Å². The molecular formula is C16H20F2N2O3S. The van der Waals surface area contributed by atoms with Crippen LogP contribution >= 0.6 is 0 Å².